The number of benzene rings is 2. The predicted molar refractivity (Wildman–Crippen MR) is 116 cm³/mol. The Kier molecular flexibility index (Phi) is 7.38. The minimum absolute atomic E-state index is 0.229. The number of carbonyl (C=O) groups is 2. The smallest absolute Gasteiger partial charge is 0.338 e. The van der Waals surface area contributed by atoms with Gasteiger partial charge in [-0.25, -0.2) is 9.59 Å². The van der Waals surface area contributed by atoms with Gasteiger partial charge in [0.1, 0.15) is 0 Å². The van der Waals surface area contributed by atoms with Gasteiger partial charge in [0.25, 0.3) is 0 Å². The fourth-order valence-electron chi connectivity index (χ4n) is 3.35. The Morgan fingerprint density at radius 1 is 1.06 bits per heavy atom. The summed E-state index contributed by atoms with van der Waals surface area (Å²) in [5.74, 6) is 0.467. The molecular weight excluding hydrogens is 422 g/mol. The first-order valence-electron chi connectivity index (χ1n) is 9.53. The summed E-state index contributed by atoms with van der Waals surface area (Å²) in [7, 11) is 4.35. The van der Waals surface area contributed by atoms with E-state index in [1.54, 1.807) is 24.3 Å². The zero-order valence-electron chi connectivity index (χ0n) is 17.5. The van der Waals surface area contributed by atoms with Gasteiger partial charge in [-0.2, -0.15) is 0 Å². The summed E-state index contributed by atoms with van der Waals surface area (Å²) in [4.78, 5) is 25.0. The van der Waals surface area contributed by atoms with Gasteiger partial charge in [-0.1, -0.05) is 35.9 Å². The van der Waals surface area contributed by atoms with E-state index >= 15 is 0 Å². The van der Waals surface area contributed by atoms with Crippen LogP contribution in [0.15, 0.2) is 53.7 Å². The van der Waals surface area contributed by atoms with Crippen molar-refractivity contribution in [3.05, 3.63) is 69.9 Å². The minimum Gasteiger partial charge on any atom is -0.493 e. The quantitative estimate of drug-likeness (QED) is 0.540. The van der Waals surface area contributed by atoms with E-state index in [1.807, 2.05) is 18.2 Å². The fraction of sp³-hybridized carbons (Fsp3) is 0.273. The van der Waals surface area contributed by atoms with Gasteiger partial charge in [0.2, 0.25) is 0 Å². The minimum atomic E-state index is -0.724. The number of halogens is 1. The van der Waals surface area contributed by atoms with E-state index < -0.39 is 18.0 Å². The fourth-order valence-corrected chi connectivity index (χ4v) is 3.56. The molecule has 2 aromatic carbocycles. The van der Waals surface area contributed by atoms with Crippen molar-refractivity contribution in [1.82, 2.24) is 16.0 Å². The first-order chi connectivity index (χ1) is 15.0. The molecule has 2 amide bonds. The van der Waals surface area contributed by atoms with Crippen LogP contribution in [0, 0.1) is 0 Å². The molecule has 0 bridgehead atoms. The zero-order chi connectivity index (χ0) is 22.4. The summed E-state index contributed by atoms with van der Waals surface area (Å²) >= 11 is 6.20. The molecule has 31 heavy (non-hydrogen) atoms. The van der Waals surface area contributed by atoms with Gasteiger partial charge in [-0.15, -0.1) is 0 Å². The second-order valence-corrected chi connectivity index (χ2v) is 7.13. The van der Waals surface area contributed by atoms with Crippen LogP contribution in [0.2, 0.25) is 5.02 Å². The average molecular weight is 446 g/mol. The molecule has 3 N–H and O–H groups in total. The molecule has 0 aliphatic carbocycles. The van der Waals surface area contributed by atoms with Gasteiger partial charge in [0.15, 0.2) is 11.5 Å². The molecular formula is C22H24ClN3O5. The molecule has 0 aromatic heterocycles. The molecule has 1 atom stereocenters. The van der Waals surface area contributed by atoms with Gasteiger partial charge in [0, 0.05) is 23.8 Å². The van der Waals surface area contributed by atoms with E-state index in [0.29, 0.717) is 39.9 Å². The van der Waals surface area contributed by atoms with E-state index in [1.165, 1.54) is 21.3 Å². The molecule has 0 spiro atoms. The lowest BCUT2D eigenvalue weighted by molar-refractivity contribution is -0.136. The lowest BCUT2D eigenvalue weighted by Crippen LogP contribution is -2.48. The summed E-state index contributed by atoms with van der Waals surface area (Å²) in [5.41, 5.74) is 2.26. The van der Waals surface area contributed by atoms with Crippen molar-refractivity contribution in [2.45, 2.75) is 12.6 Å². The van der Waals surface area contributed by atoms with Crippen molar-refractivity contribution in [2.75, 3.05) is 27.9 Å². The summed E-state index contributed by atoms with van der Waals surface area (Å²) in [6.45, 7) is 0.689. The molecule has 3 rings (SSSR count). The van der Waals surface area contributed by atoms with Crippen molar-refractivity contribution < 1.29 is 23.8 Å². The van der Waals surface area contributed by atoms with Crippen LogP contribution < -0.4 is 25.4 Å². The highest BCUT2D eigenvalue weighted by Gasteiger charge is 2.33. The third kappa shape index (κ3) is 5.10. The van der Waals surface area contributed by atoms with Crippen LogP contribution in [-0.4, -0.2) is 39.9 Å². The highest BCUT2D eigenvalue weighted by molar-refractivity contribution is 6.31. The lowest BCUT2D eigenvalue weighted by atomic mass is 9.94. The van der Waals surface area contributed by atoms with E-state index in [-0.39, 0.29) is 6.54 Å². The standard InChI is InChI=1S/C22H24ClN3O5/c1-29-17-9-8-13(10-18(17)30-2)20-19(21(27)31-3)16(25-22(28)26-20)12-24-11-14-6-4-5-7-15(14)23/h4-10,20,24H,11-12H2,1-3H3,(H2,25,26,28). The molecule has 8 nitrogen and oxygen atoms in total. The molecule has 0 radical (unpaired) electrons. The lowest BCUT2D eigenvalue weighted by Gasteiger charge is -2.29. The van der Waals surface area contributed by atoms with Crippen molar-refractivity contribution >= 4 is 23.6 Å². The number of nitrogens with one attached hydrogen (secondary N) is 3. The molecule has 1 aliphatic heterocycles. The molecule has 9 heteroatoms. The number of hydrogen-bond donors (Lipinski definition) is 3. The first-order valence-corrected chi connectivity index (χ1v) is 9.91. The number of amides is 2. The van der Waals surface area contributed by atoms with Crippen molar-refractivity contribution in [1.29, 1.82) is 0 Å². The maximum absolute atomic E-state index is 12.7. The Labute approximate surface area is 185 Å². The maximum Gasteiger partial charge on any atom is 0.338 e. The Morgan fingerprint density at radius 2 is 1.81 bits per heavy atom. The first kappa shape index (κ1) is 22.5. The largest absolute Gasteiger partial charge is 0.493 e. The number of urea groups is 1. The SMILES string of the molecule is COC(=O)C1=C(CNCc2ccccc2Cl)NC(=O)NC1c1ccc(OC)c(OC)c1. The third-order valence-corrected chi connectivity index (χ3v) is 5.24. The Hall–Kier alpha value is -3.23. The molecule has 0 saturated heterocycles. The van der Waals surface area contributed by atoms with E-state index in [9.17, 15) is 9.59 Å². The number of methoxy groups -OCH3 is 3. The van der Waals surface area contributed by atoms with Crippen LogP contribution in [0.25, 0.3) is 0 Å². The number of carbonyl (C=O) groups excluding carboxylic acids is 2. The van der Waals surface area contributed by atoms with Crippen LogP contribution in [0.5, 0.6) is 11.5 Å². The maximum atomic E-state index is 12.7. The van der Waals surface area contributed by atoms with Crippen molar-refractivity contribution in [2.24, 2.45) is 0 Å². The van der Waals surface area contributed by atoms with Gasteiger partial charge >= 0.3 is 12.0 Å². The number of esters is 1. The van der Waals surface area contributed by atoms with Crippen LogP contribution in [0.4, 0.5) is 4.79 Å². The summed E-state index contributed by atoms with van der Waals surface area (Å²) in [6.07, 6.45) is 0. The van der Waals surface area contributed by atoms with Gasteiger partial charge in [0.05, 0.1) is 32.9 Å². The Bertz CT molecular complexity index is 1010. The molecule has 2 aromatic rings. The average Bonchev–Trinajstić information content (AvgIpc) is 2.79. The highest BCUT2D eigenvalue weighted by atomic mass is 35.5. The highest BCUT2D eigenvalue weighted by Crippen LogP contribution is 2.34. The molecule has 1 aliphatic rings. The van der Waals surface area contributed by atoms with Crippen molar-refractivity contribution in [3.63, 3.8) is 0 Å². The van der Waals surface area contributed by atoms with Gasteiger partial charge < -0.3 is 30.2 Å². The van der Waals surface area contributed by atoms with E-state index in [2.05, 4.69) is 16.0 Å². The predicted octanol–water partition coefficient (Wildman–Crippen LogP) is 2.93. The monoisotopic (exact) mass is 445 g/mol. The third-order valence-electron chi connectivity index (χ3n) is 4.87. The van der Waals surface area contributed by atoms with Gasteiger partial charge in [-0.3, -0.25) is 0 Å². The van der Waals surface area contributed by atoms with E-state index in [0.717, 1.165) is 5.56 Å². The number of hydrogen-bond acceptors (Lipinski definition) is 6. The molecule has 1 unspecified atom stereocenters. The van der Waals surface area contributed by atoms with Crippen LogP contribution >= 0.6 is 11.6 Å². The summed E-state index contributed by atoms with van der Waals surface area (Å²) in [5, 5.41) is 9.34. The topological polar surface area (TPSA) is 97.9 Å². The van der Waals surface area contributed by atoms with Crippen LogP contribution in [-0.2, 0) is 16.1 Å². The molecule has 0 fully saturated rings. The van der Waals surface area contributed by atoms with Crippen molar-refractivity contribution in [3.8, 4) is 11.5 Å². The van der Waals surface area contributed by atoms with Crippen LogP contribution in [0.1, 0.15) is 17.2 Å². The molecule has 1 heterocycles. The normalized spacial score (nSPS) is 15.7. The number of ether oxygens (including phenoxy) is 3. The second-order valence-electron chi connectivity index (χ2n) is 6.72. The Morgan fingerprint density at radius 3 is 2.48 bits per heavy atom. The summed E-state index contributed by atoms with van der Waals surface area (Å²) < 4.78 is 15.6. The van der Waals surface area contributed by atoms with Gasteiger partial charge in [-0.05, 0) is 29.3 Å². The second kappa shape index (κ2) is 10.2. The number of rotatable bonds is 8. The summed E-state index contributed by atoms with van der Waals surface area (Å²) in [6, 6.07) is 11.5. The molecule has 164 valence electrons. The van der Waals surface area contributed by atoms with E-state index in [4.69, 9.17) is 25.8 Å². The Balaban J connectivity index is 1.92. The molecule has 0 saturated carbocycles. The zero-order valence-corrected chi connectivity index (χ0v) is 18.2. The van der Waals surface area contributed by atoms with Crippen LogP contribution in [0.3, 0.4) is 0 Å².